The minimum atomic E-state index is -1.36. The third-order valence-electron chi connectivity index (χ3n) is 3.40. The number of hydrogen-bond donors (Lipinski definition) is 1. The summed E-state index contributed by atoms with van der Waals surface area (Å²) in [6.45, 7) is 2.85. The standard InChI is InChI=1S/C17H21ClN2O4S/c1-12-15(10-25(22)11-16(21)19-7-4-8-23-2)20-17(24-12)13-5-3-6-14(18)9-13/h3,5-6,9H,4,7-8,10-11H2,1-2H3,(H,19,21). The van der Waals surface area contributed by atoms with Gasteiger partial charge in [0, 0.05) is 30.8 Å². The highest BCUT2D eigenvalue weighted by molar-refractivity contribution is 7.91. The van der Waals surface area contributed by atoms with E-state index < -0.39 is 11.2 Å². The largest absolute Gasteiger partial charge is 0.616 e. The Labute approximate surface area is 155 Å². The molecule has 1 atom stereocenters. The van der Waals surface area contributed by atoms with Crippen molar-refractivity contribution in [2.24, 2.45) is 0 Å². The van der Waals surface area contributed by atoms with Crippen molar-refractivity contribution in [3.8, 4) is 11.5 Å². The average Bonchev–Trinajstić information content (AvgIpc) is 2.92. The monoisotopic (exact) mass is 384 g/mol. The summed E-state index contributed by atoms with van der Waals surface area (Å²) in [5, 5.41) is 3.30. The van der Waals surface area contributed by atoms with Crippen molar-refractivity contribution in [1.82, 2.24) is 10.3 Å². The number of nitrogens with zero attached hydrogens (tertiary/aromatic N) is 1. The molecule has 0 saturated carbocycles. The van der Waals surface area contributed by atoms with Gasteiger partial charge >= 0.3 is 0 Å². The molecule has 0 spiro atoms. The molecule has 25 heavy (non-hydrogen) atoms. The van der Waals surface area contributed by atoms with Crippen LogP contribution in [0.15, 0.2) is 28.7 Å². The van der Waals surface area contributed by atoms with Crippen LogP contribution in [-0.4, -0.2) is 41.5 Å². The number of halogens is 1. The van der Waals surface area contributed by atoms with Gasteiger partial charge in [0.05, 0.1) is 0 Å². The smallest absolute Gasteiger partial charge is 0.269 e. The molecule has 0 fully saturated rings. The van der Waals surface area contributed by atoms with Crippen LogP contribution in [0.3, 0.4) is 0 Å². The summed E-state index contributed by atoms with van der Waals surface area (Å²) >= 11 is 4.62. The predicted molar refractivity (Wildman–Crippen MR) is 97.9 cm³/mol. The Hall–Kier alpha value is -1.54. The average molecular weight is 385 g/mol. The van der Waals surface area contributed by atoms with Gasteiger partial charge < -0.3 is 19.0 Å². The number of carbonyl (C=O) groups excluding carboxylic acids is 1. The number of oxazole rings is 1. The second-order valence-corrected chi connectivity index (χ2v) is 7.35. The van der Waals surface area contributed by atoms with Gasteiger partial charge in [0.25, 0.3) is 5.91 Å². The SMILES string of the molecule is COCCCNC(=O)C[S+]([O-])Cc1nc(-c2cccc(Cl)c2)oc1C. The number of benzene rings is 1. The summed E-state index contributed by atoms with van der Waals surface area (Å²) in [6, 6.07) is 7.16. The summed E-state index contributed by atoms with van der Waals surface area (Å²) in [6.07, 6.45) is 0.722. The van der Waals surface area contributed by atoms with Crippen LogP contribution in [0.25, 0.3) is 11.5 Å². The number of aryl methyl sites for hydroxylation is 1. The molecule has 2 aromatic rings. The van der Waals surface area contributed by atoms with Gasteiger partial charge in [0.15, 0.2) is 11.5 Å². The van der Waals surface area contributed by atoms with Gasteiger partial charge in [-0.1, -0.05) is 17.7 Å². The number of nitrogens with one attached hydrogen (secondary N) is 1. The van der Waals surface area contributed by atoms with Gasteiger partial charge in [-0.3, -0.25) is 4.79 Å². The van der Waals surface area contributed by atoms with Gasteiger partial charge in [-0.05, 0) is 42.7 Å². The Morgan fingerprint density at radius 3 is 3.00 bits per heavy atom. The van der Waals surface area contributed by atoms with Gasteiger partial charge in [-0.15, -0.1) is 0 Å². The summed E-state index contributed by atoms with van der Waals surface area (Å²) in [7, 11) is 1.61. The molecule has 1 aromatic heterocycles. The Kier molecular flexibility index (Phi) is 7.77. The molecule has 1 unspecified atom stereocenters. The van der Waals surface area contributed by atoms with Crippen molar-refractivity contribution >= 4 is 28.7 Å². The highest BCUT2D eigenvalue weighted by Crippen LogP contribution is 2.25. The van der Waals surface area contributed by atoms with Crippen molar-refractivity contribution in [1.29, 1.82) is 0 Å². The molecule has 2 rings (SSSR count). The quantitative estimate of drug-likeness (QED) is 0.530. The lowest BCUT2D eigenvalue weighted by Crippen LogP contribution is -2.32. The van der Waals surface area contributed by atoms with Crippen LogP contribution >= 0.6 is 11.6 Å². The Morgan fingerprint density at radius 1 is 1.48 bits per heavy atom. The van der Waals surface area contributed by atoms with E-state index in [4.69, 9.17) is 20.8 Å². The number of methoxy groups -OCH3 is 1. The maximum atomic E-state index is 12.2. The van der Waals surface area contributed by atoms with Crippen LogP contribution in [0.5, 0.6) is 0 Å². The lowest BCUT2D eigenvalue weighted by Gasteiger charge is -2.10. The number of aromatic nitrogens is 1. The third kappa shape index (κ3) is 6.36. The third-order valence-corrected chi connectivity index (χ3v) is 4.82. The predicted octanol–water partition coefficient (Wildman–Crippen LogP) is 2.70. The molecule has 0 radical (unpaired) electrons. The zero-order valence-corrected chi connectivity index (χ0v) is 15.8. The molecule has 0 saturated heterocycles. The summed E-state index contributed by atoms with van der Waals surface area (Å²) < 4.78 is 22.7. The fraction of sp³-hybridized carbons (Fsp3) is 0.412. The Bertz CT molecular complexity index is 708. The molecule has 8 heteroatoms. The van der Waals surface area contributed by atoms with Crippen molar-refractivity contribution in [3.05, 3.63) is 40.7 Å². The van der Waals surface area contributed by atoms with Gasteiger partial charge in [-0.2, -0.15) is 0 Å². The number of rotatable bonds is 9. The second-order valence-electron chi connectivity index (χ2n) is 5.46. The molecule has 6 nitrogen and oxygen atoms in total. The minimum absolute atomic E-state index is 0.0637. The van der Waals surface area contributed by atoms with Gasteiger partial charge in [-0.25, -0.2) is 4.98 Å². The Morgan fingerprint density at radius 2 is 2.28 bits per heavy atom. The molecule has 0 aliphatic heterocycles. The van der Waals surface area contributed by atoms with Crippen molar-refractivity contribution < 1.29 is 18.5 Å². The lowest BCUT2D eigenvalue weighted by atomic mass is 10.2. The van der Waals surface area contributed by atoms with E-state index in [9.17, 15) is 9.35 Å². The molecular formula is C17H21ClN2O4S. The molecule has 1 amide bonds. The molecule has 136 valence electrons. The first kappa shape index (κ1) is 19.8. The summed E-state index contributed by atoms with van der Waals surface area (Å²) in [5.41, 5.74) is 1.34. The number of amides is 1. The molecule has 0 bridgehead atoms. The first-order valence-electron chi connectivity index (χ1n) is 7.82. The highest BCUT2D eigenvalue weighted by atomic mass is 35.5. The molecule has 1 aromatic carbocycles. The van der Waals surface area contributed by atoms with E-state index in [2.05, 4.69) is 10.3 Å². The fourth-order valence-corrected chi connectivity index (χ4v) is 3.41. The normalized spacial score (nSPS) is 12.2. The number of carbonyl (C=O) groups is 1. The first-order valence-corrected chi connectivity index (χ1v) is 9.69. The highest BCUT2D eigenvalue weighted by Gasteiger charge is 2.19. The van der Waals surface area contributed by atoms with E-state index >= 15 is 0 Å². The van der Waals surface area contributed by atoms with E-state index in [0.29, 0.717) is 35.5 Å². The van der Waals surface area contributed by atoms with Crippen molar-refractivity contribution in [2.45, 2.75) is 19.1 Å². The van der Waals surface area contributed by atoms with Crippen LogP contribution in [0.2, 0.25) is 5.02 Å². The first-order chi connectivity index (χ1) is 12.0. The van der Waals surface area contributed by atoms with Crippen LogP contribution in [0.4, 0.5) is 0 Å². The second kappa shape index (κ2) is 9.82. The molecule has 0 aliphatic carbocycles. The van der Waals surface area contributed by atoms with E-state index in [0.717, 1.165) is 12.0 Å². The van der Waals surface area contributed by atoms with Crippen LogP contribution in [-0.2, 0) is 26.5 Å². The molecular weight excluding hydrogens is 364 g/mol. The van der Waals surface area contributed by atoms with Crippen LogP contribution in [0, 0.1) is 6.92 Å². The van der Waals surface area contributed by atoms with Crippen LogP contribution < -0.4 is 5.32 Å². The van der Waals surface area contributed by atoms with E-state index in [1.54, 1.807) is 26.2 Å². The zero-order chi connectivity index (χ0) is 18.2. The summed E-state index contributed by atoms with van der Waals surface area (Å²) in [5.74, 6) is 0.873. The van der Waals surface area contributed by atoms with E-state index in [-0.39, 0.29) is 17.4 Å². The topological polar surface area (TPSA) is 87.4 Å². The maximum Gasteiger partial charge on any atom is 0.269 e. The zero-order valence-electron chi connectivity index (χ0n) is 14.2. The van der Waals surface area contributed by atoms with Gasteiger partial charge in [0.1, 0.15) is 11.5 Å². The van der Waals surface area contributed by atoms with Crippen molar-refractivity contribution in [3.63, 3.8) is 0 Å². The van der Waals surface area contributed by atoms with Crippen molar-refractivity contribution in [2.75, 3.05) is 26.0 Å². The number of ether oxygens (including phenoxy) is 1. The van der Waals surface area contributed by atoms with E-state index in [1.165, 1.54) is 0 Å². The van der Waals surface area contributed by atoms with Crippen LogP contribution in [0.1, 0.15) is 17.9 Å². The Balaban J connectivity index is 1.90. The van der Waals surface area contributed by atoms with Gasteiger partial charge in [0.2, 0.25) is 5.89 Å². The lowest BCUT2D eigenvalue weighted by molar-refractivity contribution is -0.118. The molecule has 1 heterocycles. The number of hydrogen-bond acceptors (Lipinski definition) is 5. The van der Waals surface area contributed by atoms with E-state index in [1.807, 2.05) is 12.1 Å². The summed E-state index contributed by atoms with van der Waals surface area (Å²) in [4.78, 5) is 16.1. The maximum absolute atomic E-state index is 12.2. The minimum Gasteiger partial charge on any atom is -0.616 e. The molecule has 1 N–H and O–H groups in total. The fourth-order valence-electron chi connectivity index (χ4n) is 2.15. The molecule has 0 aliphatic rings.